The van der Waals surface area contributed by atoms with Crippen LogP contribution in [0, 0.1) is 13.8 Å². The first-order valence-electron chi connectivity index (χ1n) is 8.37. The Bertz CT molecular complexity index is 891. The van der Waals surface area contributed by atoms with Gasteiger partial charge in [-0.15, -0.1) is 0 Å². The number of carbonyl (C=O) groups excluding carboxylic acids is 1. The fraction of sp³-hybridized carbons (Fsp3) is 0.316. The van der Waals surface area contributed by atoms with Gasteiger partial charge in [0.25, 0.3) is 10.0 Å². The number of ether oxygens (including phenoxy) is 1. The largest absolute Gasteiger partial charge is 0.492 e. The Balaban J connectivity index is 2.32. The molecule has 1 amide bonds. The molecule has 2 N–H and O–H groups in total. The molecule has 0 aromatic heterocycles. The fourth-order valence-electron chi connectivity index (χ4n) is 2.33. The number of hydrogen-bond donors (Lipinski definition) is 2. The van der Waals surface area contributed by atoms with Crippen molar-refractivity contribution in [2.45, 2.75) is 39.0 Å². The Labute approximate surface area is 154 Å². The van der Waals surface area contributed by atoms with Crippen LogP contribution in [0.3, 0.4) is 0 Å². The second-order valence-electron chi connectivity index (χ2n) is 6.10. The summed E-state index contributed by atoms with van der Waals surface area (Å²) in [5.74, 6) is 0.156. The molecule has 7 heteroatoms. The minimum atomic E-state index is -3.81. The van der Waals surface area contributed by atoms with Crippen LogP contribution in [0.5, 0.6) is 5.75 Å². The van der Waals surface area contributed by atoms with Crippen molar-refractivity contribution in [3.05, 3.63) is 47.5 Å². The van der Waals surface area contributed by atoms with E-state index in [9.17, 15) is 13.2 Å². The predicted molar refractivity (Wildman–Crippen MR) is 103 cm³/mol. The van der Waals surface area contributed by atoms with E-state index >= 15 is 0 Å². The quantitative estimate of drug-likeness (QED) is 0.769. The zero-order valence-corrected chi connectivity index (χ0v) is 16.2. The summed E-state index contributed by atoms with van der Waals surface area (Å²) in [6, 6.07) is 9.82. The van der Waals surface area contributed by atoms with E-state index in [0.717, 1.165) is 17.5 Å². The Morgan fingerprint density at radius 3 is 2.19 bits per heavy atom. The Morgan fingerprint density at radius 1 is 1.04 bits per heavy atom. The first-order valence-corrected chi connectivity index (χ1v) is 9.85. The maximum Gasteiger partial charge on any atom is 0.265 e. The molecule has 0 aliphatic rings. The summed E-state index contributed by atoms with van der Waals surface area (Å²) in [6.07, 6.45) is 0.782. The third kappa shape index (κ3) is 4.98. The van der Waals surface area contributed by atoms with Crippen LogP contribution in [-0.2, 0) is 14.8 Å². The highest BCUT2D eigenvalue weighted by molar-refractivity contribution is 7.92. The summed E-state index contributed by atoms with van der Waals surface area (Å²) >= 11 is 0. The summed E-state index contributed by atoms with van der Waals surface area (Å²) in [5.41, 5.74) is 2.84. The number of hydrogen-bond acceptors (Lipinski definition) is 4. The van der Waals surface area contributed by atoms with Crippen LogP contribution in [0.2, 0.25) is 0 Å². The van der Waals surface area contributed by atoms with E-state index in [1.165, 1.54) is 6.92 Å². The zero-order chi connectivity index (χ0) is 19.3. The fourth-order valence-corrected chi connectivity index (χ4v) is 3.60. The molecule has 0 unspecified atom stereocenters. The van der Waals surface area contributed by atoms with Gasteiger partial charge in [-0.05, 0) is 67.8 Å². The molecule has 2 aromatic rings. The topological polar surface area (TPSA) is 84.5 Å². The summed E-state index contributed by atoms with van der Waals surface area (Å²) in [7, 11) is -3.81. The van der Waals surface area contributed by atoms with Gasteiger partial charge in [-0.1, -0.05) is 6.92 Å². The third-order valence-electron chi connectivity index (χ3n) is 3.77. The van der Waals surface area contributed by atoms with Crippen LogP contribution >= 0.6 is 0 Å². The van der Waals surface area contributed by atoms with Crippen molar-refractivity contribution in [2.75, 3.05) is 16.6 Å². The van der Waals surface area contributed by atoms with Gasteiger partial charge in [-0.25, -0.2) is 8.42 Å². The molecule has 0 aliphatic heterocycles. The SMILES string of the molecule is CCCOc1cc(C)c(C)cc1S(=O)(=O)Nc1ccc(NC(C)=O)cc1. The highest BCUT2D eigenvalue weighted by atomic mass is 32.2. The van der Waals surface area contributed by atoms with Crippen molar-refractivity contribution in [3.63, 3.8) is 0 Å². The van der Waals surface area contributed by atoms with E-state index < -0.39 is 10.0 Å². The monoisotopic (exact) mass is 376 g/mol. The van der Waals surface area contributed by atoms with E-state index in [1.807, 2.05) is 20.8 Å². The van der Waals surface area contributed by atoms with Gasteiger partial charge < -0.3 is 10.1 Å². The number of aryl methyl sites for hydroxylation is 2. The minimum Gasteiger partial charge on any atom is -0.492 e. The van der Waals surface area contributed by atoms with E-state index in [-0.39, 0.29) is 10.8 Å². The molecule has 0 radical (unpaired) electrons. The van der Waals surface area contributed by atoms with E-state index in [0.29, 0.717) is 23.7 Å². The molecule has 0 heterocycles. The standard InChI is InChI=1S/C19H24N2O4S/c1-5-10-25-18-11-13(2)14(3)12-19(18)26(23,24)21-17-8-6-16(7-9-17)20-15(4)22/h6-9,11-12,21H,5,10H2,1-4H3,(H,20,22). The van der Waals surface area contributed by atoms with Crippen LogP contribution in [0.25, 0.3) is 0 Å². The van der Waals surface area contributed by atoms with Crippen molar-refractivity contribution in [1.82, 2.24) is 0 Å². The maximum atomic E-state index is 12.9. The third-order valence-corrected chi connectivity index (χ3v) is 5.17. The summed E-state index contributed by atoms with van der Waals surface area (Å²) in [6.45, 7) is 7.59. The molecule has 2 aromatic carbocycles. The van der Waals surface area contributed by atoms with E-state index in [1.54, 1.807) is 36.4 Å². The van der Waals surface area contributed by atoms with Crippen LogP contribution in [0.1, 0.15) is 31.4 Å². The van der Waals surface area contributed by atoms with Gasteiger partial charge in [-0.2, -0.15) is 0 Å². The number of amides is 1. The summed E-state index contributed by atoms with van der Waals surface area (Å²) < 4.78 is 33.9. The lowest BCUT2D eigenvalue weighted by atomic mass is 10.1. The van der Waals surface area contributed by atoms with Gasteiger partial charge in [0, 0.05) is 18.3 Å². The van der Waals surface area contributed by atoms with Gasteiger partial charge in [0.05, 0.1) is 6.61 Å². The first kappa shape index (κ1) is 19.8. The first-order chi connectivity index (χ1) is 12.2. The number of carbonyl (C=O) groups is 1. The highest BCUT2D eigenvalue weighted by Gasteiger charge is 2.21. The number of anilines is 2. The number of rotatable bonds is 7. The zero-order valence-electron chi connectivity index (χ0n) is 15.4. The molecular formula is C19H24N2O4S. The van der Waals surface area contributed by atoms with Crippen molar-refractivity contribution in [3.8, 4) is 5.75 Å². The predicted octanol–water partition coefficient (Wildman–Crippen LogP) is 3.85. The summed E-state index contributed by atoms with van der Waals surface area (Å²) in [5, 5.41) is 2.64. The molecule has 0 spiro atoms. The number of benzene rings is 2. The van der Waals surface area contributed by atoms with Gasteiger partial charge in [0.15, 0.2) is 0 Å². The molecule has 0 fully saturated rings. The van der Waals surface area contributed by atoms with E-state index in [4.69, 9.17) is 4.74 Å². The van der Waals surface area contributed by atoms with Crippen LogP contribution in [0.15, 0.2) is 41.3 Å². The molecule has 26 heavy (non-hydrogen) atoms. The Morgan fingerprint density at radius 2 is 1.62 bits per heavy atom. The molecule has 0 bridgehead atoms. The van der Waals surface area contributed by atoms with Crippen LogP contribution in [0.4, 0.5) is 11.4 Å². The lowest BCUT2D eigenvalue weighted by Crippen LogP contribution is -2.15. The summed E-state index contributed by atoms with van der Waals surface area (Å²) in [4.78, 5) is 11.2. The van der Waals surface area contributed by atoms with Crippen molar-refractivity contribution in [2.24, 2.45) is 0 Å². The molecule has 2 rings (SSSR count). The molecule has 140 valence electrons. The average molecular weight is 376 g/mol. The van der Waals surface area contributed by atoms with Crippen molar-refractivity contribution < 1.29 is 17.9 Å². The van der Waals surface area contributed by atoms with Crippen molar-refractivity contribution >= 4 is 27.3 Å². The molecule has 0 atom stereocenters. The molecular weight excluding hydrogens is 352 g/mol. The maximum absolute atomic E-state index is 12.9. The van der Waals surface area contributed by atoms with Crippen LogP contribution in [-0.4, -0.2) is 20.9 Å². The molecule has 6 nitrogen and oxygen atoms in total. The van der Waals surface area contributed by atoms with Gasteiger partial charge in [-0.3, -0.25) is 9.52 Å². The lowest BCUT2D eigenvalue weighted by molar-refractivity contribution is -0.114. The Hall–Kier alpha value is -2.54. The average Bonchev–Trinajstić information content (AvgIpc) is 2.56. The number of nitrogens with one attached hydrogen (secondary N) is 2. The molecule has 0 saturated heterocycles. The van der Waals surface area contributed by atoms with Gasteiger partial charge in [0.1, 0.15) is 10.6 Å². The molecule has 0 saturated carbocycles. The smallest absolute Gasteiger partial charge is 0.265 e. The lowest BCUT2D eigenvalue weighted by Gasteiger charge is -2.15. The Kier molecular flexibility index (Phi) is 6.26. The highest BCUT2D eigenvalue weighted by Crippen LogP contribution is 2.29. The second-order valence-corrected chi connectivity index (χ2v) is 7.75. The minimum absolute atomic E-state index is 0.111. The van der Waals surface area contributed by atoms with Gasteiger partial charge >= 0.3 is 0 Å². The van der Waals surface area contributed by atoms with Gasteiger partial charge in [0.2, 0.25) is 5.91 Å². The van der Waals surface area contributed by atoms with Crippen LogP contribution < -0.4 is 14.8 Å². The second kappa shape index (κ2) is 8.23. The molecule has 0 aliphatic carbocycles. The van der Waals surface area contributed by atoms with Crippen molar-refractivity contribution in [1.29, 1.82) is 0 Å². The van der Waals surface area contributed by atoms with E-state index in [2.05, 4.69) is 10.0 Å². The number of sulfonamides is 1. The normalized spacial score (nSPS) is 11.1.